The van der Waals surface area contributed by atoms with Crippen LogP contribution in [0, 0.1) is 0 Å². The number of aromatic nitrogens is 6. The highest BCUT2D eigenvalue weighted by molar-refractivity contribution is 5.90. The number of carbonyl (C=O) groups is 1. The summed E-state index contributed by atoms with van der Waals surface area (Å²) in [6.07, 6.45) is 1.42. The van der Waals surface area contributed by atoms with E-state index >= 15 is 0 Å². The molecule has 0 fully saturated rings. The average molecular weight is 689 g/mol. The summed E-state index contributed by atoms with van der Waals surface area (Å²) in [6.45, 7) is 5.29. The highest BCUT2D eigenvalue weighted by Crippen LogP contribution is 2.40. The van der Waals surface area contributed by atoms with E-state index in [2.05, 4.69) is 43.3 Å². The largest absolute Gasteiger partial charge is 0.464 e. The highest BCUT2D eigenvalue weighted by Gasteiger charge is 2.41. The monoisotopic (exact) mass is 688 g/mol. The SMILES string of the molecule is CCCc1nc(C(C)(C)O)c(C(=O)OC)n1-c1ccc(-c2ccccc2-c2nnn(C(c3ccccc3)(c3ccccc3)c3ccccc3)n2)cc1. The molecule has 0 amide bonds. The summed E-state index contributed by atoms with van der Waals surface area (Å²) in [5, 5.41) is 25.5. The lowest BCUT2D eigenvalue weighted by molar-refractivity contribution is 0.0535. The van der Waals surface area contributed by atoms with Gasteiger partial charge >= 0.3 is 5.97 Å². The molecule has 0 unspecified atom stereocenters. The van der Waals surface area contributed by atoms with Crippen LogP contribution >= 0.6 is 0 Å². The number of methoxy groups -OCH3 is 1. The third kappa shape index (κ3) is 6.09. The van der Waals surface area contributed by atoms with Crippen molar-refractivity contribution in [3.05, 3.63) is 173 Å². The summed E-state index contributed by atoms with van der Waals surface area (Å²) in [6, 6.07) is 46.7. The molecular weight excluding hydrogens is 649 g/mol. The van der Waals surface area contributed by atoms with E-state index in [0.717, 1.165) is 45.5 Å². The van der Waals surface area contributed by atoms with Crippen LogP contribution in [0.3, 0.4) is 0 Å². The number of carbonyl (C=O) groups excluding carboxylic acids is 1. The molecule has 2 aromatic heterocycles. The molecule has 0 atom stereocenters. The third-order valence-electron chi connectivity index (χ3n) is 9.27. The molecule has 0 spiro atoms. The molecule has 52 heavy (non-hydrogen) atoms. The van der Waals surface area contributed by atoms with Gasteiger partial charge in [-0.25, -0.2) is 9.78 Å². The predicted octanol–water partition coefficient (Wildman–Crippen LogP) is 8.00. The fraction of sp³-hybridized carbons (Fsp3) is 0.186. The fourth-order valence-corrected chi connectivity index (χ4v) is 6.92. The minimum absolute atomic E-state index is 0.214. The molecule has 7 rings (SSSR count). The quantitative estimate of drug-likeness (QED) is 0.108. The molecule has 0 bridgehead atoms. The Morgan fingerprint density at radius 1 is 0.731 bits per heavy atom. The van der Waals surface area contributed by atoms with E-state index in [4.69, 9.17) is 25.1 Å². The topological polar surface area (TPSA) is 108 Å². The Kier molecular flexibility index (Phi) is 9.36. The van der Waals surface area contributed by atoms with Crippen LogP contribution in [0.4, 0.5) is 0 Å². The molecule has 0 saturated carbocycles. The van der Waals surface area contributed by atoms with Crippen LogP contribution in [0.15, 0.2) is 140 Å². The van der Waals surface area contributed by atoms with Gasteiger partial charge in [0.1, 0.15) is 17.1 Å². The van der Waals surface area contributed by atoms with Gasteiger partial charge in [-0.05, 0) is 65.4 Å². The van der Waals surface area contributed by atoms with E-state index < -0.39 is 17.1 Å². The maximum atomic E-state index is 13.1. The van der Waals surface area contributed by atoms with E-state index in [1.807, 2.05) is 103 Å². The Bertz CT molecular complexity index is 2190. The molecule has 0 aliphatic rings. The molecule has 2 heterocycles. The van der Waals surface area contributed by atoms with Crippen LogP contribution in [0.5, 0.6) is 0 Å². The summed E-state index contributed by atoms with van der Waals surface area (Å²) in [5.74, 6) is 0.593. The number of ether oxygens (including phenoxy) is 1. The second-order valence-corrected chi connectivity index (χ2v) is 13.2. The van der Waals surface area contributed by atoms with E-state index in [9.17, 15) is 9.90 Å². The number of rotatable bonds is 11. The zero-order chi connectivity index (χ0) is 36.3. The molecule has 260 valence electrons. The lowest BCUT2D eigenvalue weighted by Gasteiger charge is -2.34. The number of aliphatic hydroxyl groups is 1. The summed E-state index contributed by atoms with van der Waals surface area (Å²) >= 11 is 0. The number of nitrogens with zero attached hydrogens (tertiary/aromatic N) is 6. The van der Waals surface area contributed by atoms with Gasteiger partial charge in [0.05, 0.1) is 7.11 Å². The van der Waals surface area contributed by atoms with Crippen LogP contribution in [0.2, 0.25) is 0 Å². The molecule has 0 saturated heterocycles. The van der Waals surface area contributed by atoms with E-state index in [0.29, 0.717) is 18.1 Å². The van der Waals surface area contributed by atoms with Crippen molar-refractivity contribution < 1.29 is 14.6 Å². The molecule has 1 N–H and O–H groups in total. The Labute approximate surface area is 303 Å². The van der Waals surface area contributed by atoms with Crippen LogP contribution in [0.25, 0.3) is 28.2 Å². The van der Waals surface area contributed by atoms with Gasteiger partial charge in [-0.1, -0.05) is 134 Å². The number of aryl methyl sites for hydroxylation is 1. The first-order valence-electron chi connectivity index (χ1n) is 17.4. The van der Waals surface area contributed by atoms with Crippen molar-refractivity contribution in [2.75, 3.05) is 7.11 Å². The molecule has 9 nitrogen and oxygen atoms in total. The van der Waals surface area contributed by atoms with E-state index in [-0.39, 0.29) is 11.4 Å². The Morgan fingerprint density at radius 3 is 1.75 bits per heavy atom. The van der Waals surface area contributed by atoms with Crippen LogP contribution in [-0.4, -0.2) is 47.9 Å². The summed E-state index contributed by atoms with van der Waals surface area (Å²) in [5.41, 5.74) is 4.65. The lowest BCUT2D eigenvalue weighted by Crippen LogP contribution is -2.39. The van der Waals surface area contributed by atoms with Gasteiger partial charge in [0, 0.05) is 17.7 Å². The maximum Gasteiger partial charge on any atom is 0.357 e. The van der Waals surface area contributed by atoms with Gasteiger partial charge < -0.3 is 9.84 Å². The van der Waals surface area contributed by atoms with Gasteiger partial charge in [-0.2, -0.15) is 0 Å². The smallest absolute Gasteiger partial charge is 0.357 e. The molecule has 0 radical (unpaired) electrons. The predicted molar refractivity (Wildman–Crippen MR) is 201 cm³/mol. The minimum atomic E-state index is -1.35. The Hall–Kier alpha value is -6.19. The third-order valence-corrected chi connectivity index (χ3v) is 9.27. The standard InChI is InChI=1S/C43H40N6O3/c1-5-17-37-44-39(42(2,3)51)38(41(50)52-4)48(37)34-28-26-30(27-29-34)35-24-15-16-25-36(35)40-45-47-49(46-40)43(31-18-9-6-10-19-31,32-20-11-7-12-21-32)33-22-13-8-14-23-33/h6-16,18-29,51H,5,17H2,1-4H3. The number of imidazole rings is 1. The van der Waals surface area contributed by atoms with Gasteiger partial charge in [-0.15, -0.1) is 15.0 Å². The van der Waals surface area contributed by atoms with Crippen LogP contribution in [0.1, 0.15) is 65.9 Å². The highest BCUT2D eigenvalue weighted by atomic mass is 16.5. The number of benzene rings is 5. The molecule has 5 aromatic carbocycles. The second-order valence-electron chi connectivity index (χ2n) is 13.2. The van der Waals surface area contributed by atoms with Crippen LogP contribution in [-0.2, 0) is 22.3 Å². The number of tetrazole rings is 1. The summed E-state index contributed by atoms with van der Waals surface area (Å²) in [4.78, 5) is 19.6. The molecule has 9 heteroatoms. The van der Waals surface area contributed by atoms with Crippen molar-refractivity contribution in [3.63, 3.8) is 0 Å². The van der Waals surface area contributed by atoms with Crippen molar-refractivity contribution in [1.29, 1.82) is 0 Å². The summed E-state index contributed by atoms with van der Waals surface area (Å²) in [7, 11) is 1.33. The van der Waals surface area contributed by atoms with Crippen molar-refractivity contribution in [1.82, 2.24) is 29.8 Å². The summed E-state index contributed by atoms with van der Waals surface area (Å²) < 4.78 is 6.95. The lowest BCUT2D eigenvalue weighted by atomic mass is 9.77. The number of hydrogen-bond acceptors (Lipinski definition) is 7. The average Bonchev–Trinajstić information content (AvgIpc) is 3.83. The van der Waals surface area contributed by atoms with Crippen LogP contribution < -0.4 is 0 Å². The van der Waals surface area contributed by atoms with E-state index in [1.165, 1.54) is 7.11 Å². The maximum absolute atomic E-state index is 13.1. The number of esters is 1. The molecule has 0 aliphatic heterocycles. The Balaban J connectivity index is 1.34. The molecule has 0 aliphatic carbocycles. The Morgan fingerprint density at radius 2 is 1.25 bits per heavy atom. The first-order chi connectivity index (χ1) is 25.3. The molecule has 7 aromatic rings. The zero-order valence-electron chi connectivity index (χ0n) is 29.6. The zero-order valence-corrected chi connectivity index (χ0v) is 29.6. The number of hydrogen-bond donors (Lipinski definition) is 1. The molecular formula is C43H40N6O3. The van der Waals surface area contributed by atoms with Crippen molar-refractivity contribution in [3.8, 4) is 28.2 Å². The van der Waals surface area contributed by atoms with Crippen molar-refractivity contribution in [2.45, 2.75) is 44.8 Å². The first kappa shape index (κ1) is 34.3. The van der Waals surface area contributed by atoms with Gasteiger partial charge in [0.25, 0.3) is 0 Å². The van der Waals surface area contributed by atoms with Crippen molar-refractivity contribution >= 4 is 5.97 Å². The van der Waals surface area contributed by atoms with Crippen molar-refractivity contribution in [2.24, 2.45) is 0 Å². The first-order valence-corrected chi connectivity index (χ1v) is 17.4. The minimum Gasteiger partial charge on any atom is -0.464 e. The fourth-order valence-electron chi connectivity index (χ4n) is 6.92. The van der Waals surface area contributed by atoms with E-state index in [1.54, 1.807) is 23.2 Å². The van der Waals surface area contributed by atoms with Gasteiger partial charge in [0.2, 0.25) is 5.82 Å². The normalized spacial score (nSPS) is 11.8. The van der Waals surface area contributed by atoms with Gasteiger partial charge in [-0.3, -0.25) is 4.57 Å². The van der Waals surface area contributed by atoms with Gasteiger partial charge in [0.15, 0.2) is 11.2 Å². The second kappa shape index (κ2) is 14.2.